The highest BCUT2D eigenvalue weighted by Gasteiger charge is 2.25. The minimum absolute atomic E-state index is 0.137. The van der Waals surface area contributed by atoms with E-state index in [2.05, 4.69) is 27.0 Å². The van der Waals surface area contributed by atoms with Gasteiger partial charge in [-0.25, -0.2) is 23.4 Å². The van der Waals surface area contributed by atoms with Crippen molar-refractivity contribution in [2.45, 2.75) is 57.4 Å². The van der Waals surface area contributed by atoms with E-state index in [1.54, 1.807) is 17.5 Å². The first kappa shape index (κ1) is 27.2. The lowest BCUT2D eigenvalue weighted by atomic mass is 10.0. The van der Waals surface area contributed by atoms with Gasteiger partial charge in [-0.1, -0.05) is 0 Å². The first-order valence-corrected chi connectivity index (χ1v) is 16.3. The number of nitrogens with one attached hydrogen (secondary N) is 1. The zero-order chi connectivity index (χ0) is 26.9. The van der Waals surface area contributed by atoms with Crippen LogP contribution in [0.15, 0.2) is 12.3 Å². The maximum absolute atomic E-state index is 12.1. The largest absolute Gasteiger partial charge is 0.481 e. The van der Waals surface area contributed by atoms with Crippen LogP contribution in [-0.4, -0.2) is 80.9 Å². The molecule has 38 heavy (non-hydrogen) atoms. The Morgan fingerprint density at radius 2 is 1.87 bits per heavy atom. The van der Waals surface area contributed by atoms with Gasteiger partial charge in [0.25, 0.3) is 0 Å². The number of hydrogen-bond acceptors (Lipinski definition) is 10. The van der Waals surface area contributed by atoms with E-state index >= 15 is 0 Å². The normalized spacial score (nSPS) is 17.8. The zero-order valence-electron chi connectivity index (χ0n) is 22.8. The molecule has 0 amide bonds. The van der Waals surface area contributed by atoms with Gasteiger partial charge in [0.15, 0.2) is 9.84 Å². The predicted octanol–water partition coefficient (Wildman–Crippen LogP) is 3.79. The number of likely N-dealkylation sites (tertiary alicyclic amines) is 1. The van der Waals surface area contributed by atoms with E-state index < -0.39 is 9.84 Å². The molecule has 2 aliphatic rings. The summed E-state index contributed by atoms with van der Waals surface area (Å²) in [6, 6.07) is 2.46. The summed E-state index contributed by atoms with van der Waals surface area (Å²) in [6.07, 6.45) is 8.77. The van der Waals surface area contributed by atoms with Gasteiger partial charge in [-0.2, -0.15) is 0 Å². The number of pyridine rings is 1. The van der Waals surface area contributed by atoms with Crippen LogP contribution >= 0.6 is 11.3 Å². The van der Waals surface area contributed by atoms with E-state index in [4.69, 9.17) is 14.7 Å². The van der Waals surface area contributed by atoms with Gasteiger partial charge in [0, 0.05) is 59.7 Å². The number of nitrogens with zero attached hydrogens (tertiary/aromatic N) is 5. The van der Waals surface area contributed by atoms with E-state index in [0.29, 0.717) is 17.5 Å². The minimum Gasteiger partial charge on any atom is -0.481 e. The van der Waals surface area contributed by atoms with Crippen molar-refractivity contribution in [2.75, 3.05) is 51.5 Å². The van der Waals surface area contributed by atoms with Crippen molar-refractivity contribution in [1.29, 1.82) is 0 Å². The fourth-order valence-corrected chi connectivity index (χ4v) is 7.43. The number of rotatable bonds is 8. The number of methoxy groups -OCH3 is 1. The molecule has 9 nitrogen and oxygen atoms in total. The number of hydrogen-bond donors (Lipinski definition) is 1. The zero-order valence-corrected chi connectivity index (χ0v) is 24.4. The summed E-state index contributed by atoms with van der Waals surface area (Å²) in [7, 11) is 0.292. The van der Waals surface area contributed by atoms with Crippen molar-refractivity contribution in [1.82, 2.24) is 25.2 Å². The molecule has 11 heteroatoms. The molecule has 206 valence electrons. The first-order chi connectivity index (χ1) is 18.3. The minimum atomic E-state index is -3.27. The average molecular weight is 559 g/mol. The molecule has 0 bridgehead atoms. The van der Waals surface area contributed by atoms with Crippen LogP contribution in [0.1, 0.15) is 48.1 Å². The van der Waals surface area contributed by atoms with Crippen molar-refractivity contribution in [2.24, 2.45) is 0 Å². The van der Waals surface area contributed by atoms with E-state index in [9.17, 15) is 8.42 Å². The Labute approximate surface area is 229 Å². The van der Waals surface area contributed by atoms with Crippen LogP contribution in [0.25, 0.3) is 21.5 Å². The number of thiophene rings is 1. The number of sulfone groups is 1. The van der Waals surface area contributed by atoms with Gasteiger partial charge < -0.3 is 15.0 Å². The number of piperidine rings is 2. The van der Waals surface area contributed by atoms with Crippen molar-refractivity contribution in [3.05, 3.63) is 28.3 Å². The second-order valence-electron chi connectivity index (χ2n) is 10.5. The molecule has 5 rings (SSSR count). The fourth-order valence-electron chi connectivity index (χ4n) is 5.54. The Bertz CT molecular complexity index is 1390. The molecule has 2 saturated heterocycles. The Morgan fingerprint density at radius 1 is 1.13 bits per heavy atom. The number of anilines is 1. The third-order valence-corrected chi connectivity index (χ3v) is 9.62. The number of aromatic nitrogens is 3. The molecule has 0 radical (unpaired) electrons. The smallest absolute Gasteiger partial charge is 0.226 e. The van der Waals surface area contributed by atoms with Crippen molar-refractivity contribution < 1.29 is 13.2 Å². The van der Waals surface area contributed by atoms with Gasteiger partial charge in [0.2, 0.25) is 11.8 Å². The fraction of sp³-hybridized carbons (Fsp3) is 0.593. The van der Waals surface area contributed by atoms with Crippen LogP contribution in [-0.2, 0) is 22.1 Å². The molecule has 0 aromatic carbocycles. The summed E-state index contributed by atoms with van der Waals surface area (Å²) in [5.74, 6) is 0.941. The van der Waals surface area contributed by atoms with Gasteiger partial charge in [0.05, 0.1) is 28.8 Å². The number of aryl methyl sites for hydroxylation is 1. The average Bonchev–Trinajstić information content (AvgIpc) is 3.22. The van der Waals surface area contributed by atoms with Crippen molar-refractivity contribution in [3.63, 3.8) is 0 Å². The molecule has 1 N–H and O–H groups in total. The summed E-state index contributed by atoms with van der Waals surface area (Å²) < 4.78 is 30.7. The molecule has 0 spiro atoms. The Hall–Kier alpha value is -2.34. The lowest BCUT2D eigenvalue weighted by Crippen LogP contribution is -2.40. The molecule has 0 atom stereocenters. The van der Waals surface area contributed by atoms with Crippen molar-refractivity contribution >= 4 is 37.3 Å². The second kappa shape index (κ2) is 11.4. The van der Waals surface area contributed by atoms with Crippen LogP contribution < -0.4 is 15.0 Å². The first-order valence-electron chi connectivity index (χ1n) is 13.4. The summed E-state index contributed by atoms with van der Waals surface area (Å²) in [4.78, 5) is 20.8. The molecule has 0 saturated carbocycles. The maximum Gasteiger partial charge on any atom is 0.226 e. The quantitative estimate of drug-likeness (QED) is 0.443. The maximum atomic E-state index is 12.1. The Morgan fingerprint density at radius 3 is 2.53 bits per heavy atom. The second-order valence-corrected chi connectivity index (χ2v) is 13.9. The molecule has 5 heterocycles. The van der Waals surface area contributed by atoms with Crippen LogP contribution in [0.2, 0.25) is 0 Å². The van der Waals surface area contributed by atoms with Crippen LogP contribution in [0, 0.1) is 6.92 Å². The Balaban J connectivity index is 1.61. The molecular weight excluding hydrogens is 520 g/mol. The summed E-state index contributed by atoms with van der Waals surface area (Å²) >= 11 is 1.72. The van der Waals surface area contributed by atoms with Crippen LogP contribution in [0.3, 0.4) is 0 Å². The molecule has 2 fully saturated rings. The van der Waals surface area contributed by atoms with Crippen LogP contribution in [0.4, 0.5) is 5.95 Å². The highest BCUT2D eigenvalue weighted by atomic mass is 32.2. The molecule has 3 aromatic rings. The van der Waals surface area contributed by atoms with E-state index in [1.807, 2.05) is 13.1 Å². The monoisotopic (exact) mass is 558 g/mol. The third kappa shape index (κ3) is 5.95. The summed E-state index contributed by atoms with van der Waals surface area (Å²) in [5.41, 5.74) is 4.42. The standard InChI is InChI=1S/C27H38N6O3S2/c1-18-22(16-32-12-8-21(28-2)9-13-32)24-25(37-18)23(30-27(31-24)33-10-6-5-7-11-33)19-14-20(17-38(4,34)35)26(36-3)29-15-19/h14-15,21,28H,5-13,16-17H2,1-4H3. The predicted molar refractivity (Wildman–Crippen MR) is 154 cm³/mol. The SMILES string of the molecule is CNC1CCN(Cc2c(C)sc3c(-c4cnc(OC)c(CS(C)(=O)=O)c4)nc(N4CCCCC4)nc23)CC1. The highest BCUT2D eigenvalue weighted by molar-refractivity contribution is 7.89. The third-order valence-electron chi connectivity index (χ3n) is 7.65. The van der Waals surface area contributed by atoms with Crippen LogP contribution in [0.5, 0.6) is 5.88 Å². The lowest BCUT2D eigenvalue weighted by molar-refractivity contribution is 0.195. The molecule has 0 aliphatic carbocycles. The van der Waals surface area contributed by atoms with E-state index in [-0.39, 0.29) is 5.75 Å². The van der Waals surface area contributed by atoms with E-state index in [1.165, 1.54) is 30.2 Å². The topological polar surface area (TPSA) is 101 Å². The highest BCUT2D eigenvalue weighted by Crippen LogP contribution is 2.39. The number of fused-ring (bicyclic) bond motifs is 1. The molecule has 3 aromatic heterocycles. The Kier molecular flexibility index (Phi) is 8.18. The molecular formula is C27H38N6O3S2. The van der Waals surface area contributed by atoms with Gasteiger partial charge in [-0.15, -0.1) is 11.3 Å². The molecule has 2 aliphatic heterocycles. The lowest BCUT2D eigenvalue weighted by Gasteiger charge is -2.31. The number of ether oxygens (including phenoxy) is 1. The van der Waals surface area contributed by atoms with Gasteiger partial charge in [-0.3, -0.25) is 4.90 Å². The van der Waals surface area contributed by atoms with Gasteiger partial charge in [-0.05, 0) is 65.2 Å². The van der Waals surface area contributed by atoms with Gasteiger partial charge >= 0.3 is 0 Å². The van der Waals surface area contributed by atoms with Crippen molar-refractivity contribution in [3.8, 4) is 17.1 Å². The van der Waals surface area contributed by atoms with E-state index in [0.717, 1.165) is 85.8 Å². The van der Waals surface area contributed by atoms with Gasteiger partial charge in [0.1, 0.15) is 0 Å². The molecule has 0 unspecified atom stereocenters. The summed E-state index contributed by atoms with van der Waals surface area (Å²) in [6.45, 7) is 7.07. The summed E-state index contributed by atoms with van der Waals surface area (Å²) in [5, 5.41) is 3.42.